The van der Waals surface area contributed by atoms with Gasteiger partial charge in [-0.1, -0.05) is 13.8 Å². The molecule has 84 valence electrons. The number of halogens is 1. The van der Waals surface area contributed by atoms with Crippen LogP contribution in [0.3, 0.4) is 0 Å². The highest BCUT2D eigenvalue weighted by Crippen LogP contribution is 2.31. The van der Waals surface area contributed by atoms with Gasteiger partial charge in [0.1, 0.15) is 11.6 Å². The average Bonchev–Trinajstić information content (AvgIpc) is 2.16. The van der Waals surface area contributed by atoms with E-state index in [9.17, 15) is 4.39 Å². The molecule has 0 fully saturated rings. The second-order valence-electron chi connectivity index (χ2n) is 3.73. The summed E-state index contributed by atoms with van der Waals surface area (Å²) >= 11 is 1.48. The molecule has 0 aliphatic carbocycles. The van der Waals surface area contributed by atoms with Crippen LogP contribution in [0.15, 0.2) is 17.0 Å². The van der Waals surface area contributed by atoms with Crippen molar-refractivity contribution in [2.75, 3.05) is 18.6 Å². The Bertz CT molecular complexity index is 342. The average molecular weight is 229 g/mol. The SMILES string of the molecule is COc1cc(SCC(C)C)c(F)cc1N. The van der Waals surface area contributed by atoms with Crippen LogP contribution in [0.2, 0.25) is 0 Å². The molecule has 0 unspecified atom stereocenters. The fourth-order valence-electron chi connectivity index (χ4n) is 1.09. The molecule has 0 aliphatic rings. The Labute approximate surface area is 94.0 Å². The van der Waals surface area contributed by atoms with Gasteiger partial charge in [0.05, 0.1) is 12.8 Å². The van der Waals surface area contributed by atoms with Crippen LogP contribution in [-0.4, -0.2) is 12.9 Å². The molecule has 0 atom stereocenters. The highest BCUT2D eigenvalue weighted by molar-refractivity contribution is 7.99. The first kappa shape index (κ1) is 12.2. The van der Waals surface area contributed by atoms with E-state index >= 15 is 0 Å². The zero-order valence-corrected chi connectivity index (χ0v) is 10.0. The fraction of sp³-hybridized carbons (Fsp3) is 0.455. The van der Waals surface area contributed by atoms with Crippen molar-refractivity contribution in [1.82, 2.24) is 0 Å². The number of anilines is 1. The number of rotatable bonds is 4. The molecule has 0 saturated heterocycles. The second kappa shape index (κ2) is 5.26. The van der Waals surface area contributed by atoms with Gasteiger partial charge in [-0.2, -0.15) is 0 Å². The molecule has 0 radical (unpaired) electrons. The third-order valence-electron chi connectivity index (χ3n) is 1.86. The molecule has 2 N–H and O–H groups in total. The van der Waals surface area contributed by atoms with Crippen LogP contribution in [0, 0.1) is 11.7 Å². The molecule has 1 aromatic rings. The Morgan fingerprint density at radius 3 is 2.67 bits per heavy atom. The summed E-state index contributed by atoms with van der Waals surface area (Å²) in [6, 6.07) is 2.96. The van der Waals surface area contributed by atoms with Gasteiger partial charge in [-0.25, -0.2) is 4.39 Å². The first-order chi connectivity index (χ1) is 7.04. The summed E-state index contributed by atoms with van der Waals surface area (Å²) in [7, 11) is 1.53. The van der Waals surface area contributed by atoms with E-state index in [1.165, 1.54) is 24.9 Å². The number of nitrogen functional groups attached to an aromatic ring is 1. The lowest BCUT2D eigenvalue weighted by Gasteiger charge is -2.09. The van der Waals surface area contributed by atoms with Crippen LogP contribution >= 0.6 is 11.8 Å². The van der Waals surface area contributed by atoms with Crippen LogP contribution in [0.25, 0.3) is 0 Å². The topological polar surface area (TPSA) is 35.2 Å². The monoisotopic (exact) mass is 229 g/mol. The number of methoxy groups -OCH3 is 1. The summed E-state index contributed by atoms with van der Waals surface area (Å²) in [5.41, 5.74) is 5.92. The molecule has 0 amide bonds. The van der Waals surface area contributed by atoms with E-state index < -0.39 is 0 Å². The van der Waals surface area contributed by atoms with Crippen molar-refractivity contribution >= 4 is 17.4 Å². The maximum atomic E-state index is 13.5. The Balaban J connectivity index is 2.87. The van der Waals surface area contributed by atoms with Crippen LogP contribution in [0.1, 0.15) is 13.8 Å². The van der Waals surface area contributed by atoms with Gasteiger partial charge >= 0.3 is 0 Å². The van der Waals surface area contributed by atoms with E-state index in [-0.39, 0.29) is 5.82 Å². The van der Waals surface area contributed by atoms with E-state index in [1.807, 2.05) is 0 Å². The molecule has 2 nitrogen and oxygen atoms in total. The Morgan fingerprint density at radius 1 is 1.47 bits per heavy atom. The minimum absolute atomic E-state index is 0.279. The van der Waals surface area contributed by atoms with Gasteiger partial charge in [0, 0.05) is 16.7 Å². The molecular formula is C11H16FNOS. The van der Waals surface area contributed by atoms with E-state index in [4.69, 9.17) is 10.5 Å². The first-order valence-corrected chi connectivity index (χ1v) is 5.79. The molecule has 0 saturated carbocycles. The zero-order chi connectivity index (χ0) is 11.4. The molecular weight excluding hydrogens is 213 g/mol. The Hall–Kier alpha value is -0.900. The zero-order valence-electron chi connectivity index (χ0n) is 9.21. The van der Waals surface area contributed by atoms with E-state index in [1.54, 1.807) is 6.07 Å². The Kier molecular flexibility index (Phi) is 4.27. The number of ether oxygens (including phenoxy) is 1. The molecule has 0 bridgehead atoms. The van der Waals surface area contributed by atoms with Crippen molar-refractivity contribution in [1.29, 1.82) is 0 Å². The van der Waals surface area contributed by atoms with Crippen LogP contribution in [0.4, 0.5) is 10.1 Å². The molecule has 1 rings (SSSR count). The third-order valence-corrected chi connectivity index (χ3v) is 3.31. The van der Waals surface area contributed by atoms with Crippen molar-refractivity contribution in [3.8, 4) is 5.75 Å². The fourth-order valence-corrected chi connectivity index (χ4v) is 1.99. The second-order valence-corrected chi connectivity index (χ2v) is 4.79. The predicted octanol–water partition coefficient (Wildman–Crippen LogP) is 3.16. The number of nitrogens with two attached hydrogens (primary N) is 1. The Morgan fingerprint density at radius 2 is 2.13 bits per heavy atom. The van der Waals surface area contributed by atoms with E-state index in [0.717, 1.165) is 5.75 Å². The van der Waals surface area contributed by atoms with E-state index in [2.05, 4.69) is 13.8 Å². The molecule has 1 aromatic carbocycles. The molecule has 0 heterocycles. The molecule has 4 heteroatoms. The standard InChI is InChI=1S/C11H16FNOS/c1-7(2)6-15-11-5-10(14-3)9(13)4-8(11)12/h4-5,7H,6,13H2,1-3H3. The number of thioether (sulfide) groups is 1. The minimum atomic E-state index is -0.279. The maximum absolute atomic E-state index is 13.5. The summed E-state index contributed by atoms with van der Waals surface area (Å²) in [6.45, 7) is 4.19. The van der Waals surface area contributed by atoms with Crippen molar-refractivity contribution in [3.63, 3.8) is 0 Å². The third kappa shape index (κ3) is 3.30. The van der Waals surface area contributed by atoms with Gasteiger partial charge in [-0.3, -0.25) is 0 Å². The maximum Gasteiger partial charge on any atom is 0.143 e. The lowest BCUT2D eigenvalue weighted by Crippen LogP contribution is -1.96. The van der Waals surface area contributed by atoms with Gasteiger partial charge in [0.25, 0.3) is 0 Å². The number of benzene rings is 1. The highest BCUT2D eigenvalue weighted by Gasteiger charge is 2.09. The predicted molar refractivity (Wildman–Crippen MR) is 62.9 cm³/mol. The molecule has 0 spiro atoms. The summed E-state index contributed by atoms with van der Waals surface area (Å²) in [6.07, 6.45) is 0. The van der Waals surface area contributed by atoms with Crippen LogP contribution in [-0.2, 0) is 0 Å². The van der Waals surface area contributed by atoms with E-state index in [0.29, 0.717) is 22.3 Å². The first-order valence-electron chi connectivity index (χ1n) is 4.80. The highest BCUT2D eigenvalue weighted by atomic mass is 32.2. The van der Waals surface area contributed by atoms with Gasteiger partial charge in [-0.15, -0.1) is 11.8 Å². The lowest BCUT2D eigenvalue weighted by molar-refractivity contribution is 0.414. The molecule has 15 heavy (non-hydrogen) atoms. The molecule has 0 aromatic heterocycles. The van der Waals surface area contributed by atoms with Crippen molar-refractivity contribution < 1.29 is 9.13 Å². The van der Waals surface area contributed by atoms with Crippen molar-refractivity contribution in [2.24, 2.45) is 5.92 Å². The lowest BCUT2D eigenvalue weighted by atomic mass is 10.3. The molecule has 0 aliphatic heterocycles. The number of hydrogen-bond donors (Lipinski definition) is 1. The number of hydrogen-bond acceptors (Lipinski definition) is 3. The van der Waals surface area contributed by atoms with Gasteiger partial charge in [0.15, 0.2) is 0 Å². The van der Waals surface area contributed by atoms with Gasteiger partial charge in [0.2, 0.25) is 0 Å². The van der Waals surface area contributed by atoms with Crippen molar-refractivity contribution in [2.45, 2.75) is 18.7 Å². The largest absolute Gasteiger partial charge is 0.495 e. The quantitative estimate of drug-likeness (QED) is 0.636. The van der Waals surface area contributed by atoms with Crippen molar-refractivity contribution in [3.05, 3.63) is 17.9 Å². The smallest absolute Gasteiger partial charge is 0.143 e. The summed E-state index contributed by atoms with van der Waals surface area (Å²) in [4.78, 5) is 0.592. The summed E-state index contributed by atoms with van der Waals surface area (Å²) < 4.78 is 18.5. The summed E-state index contributed by atoms with van der Waals surface area (Å²) in [5, 5.41) is 0. The minimum Gasteiger partial charge on any atom is -0.495 e. The summed E-state index contributed by atoms with van der Waals surface area (Å²) in [5.74, 6) is 1.66. The van der Waals surface area contributed by atoms with Crippen LogP contribution in [0.5, 0.6) is 5.75 Å². The normalized spacial score (nSPS) is 10.7. The van der Waals surface area contributed by atoms with Crippen LogP contribution < -0.4 is 10.5 Å². The van der Waals surface area contributed by atoms with Gasteiger partial charge < -0.3 is 10.5 Å². The van der Waals surface area contributed by atoms with Gasteiger partial charge in [-0.05, 0) is 12.0 Å².